The molecular weight excluding hydrogens is 843 g/mol. The number of rotatable bonds is 7. The molecule has 0 spiro atoms. The summed E-state index contributed by atoms with van der Waals surface area (Å²) in [5.74, 6) is 0.683. The highest BCUT2D eigenvalue weighted by Gasteiger charge is 2.20. The van der Waals surface area contributed by atoms with Crippen LogP contribution in [-0.2, 0) is 0 Å². The van der Waals surface area contributed by atoms with Crippen molar-refractivity contribution in [2.45, 2.75) is 0 Å². The molecule has 0 aliphatic carbocycles. The first-order valence-electron chi connectivity index (χ1n) is 23.2. The number of hydrogen-bond donors (Lipinski definition) is 0. The fraction of sp³-hybridized carbons (Fsp3) is 0. The molecule has 322 valence electrons. The fourth-order valence-electron chi connectivity index (χ4n) is 10.5. The van der Waals surface area contributed by atoms with Crippen molar-refractivity contribution in [2.24, 2.45) is 0 Å². The normalized spacial score (nSPS) is 11.8. The highest BCUT2D eigenvalue weighted by molar-refractivity contribution is 6.13. The summed E-state index contributed by atoms with van der Waals surface area (Å²) in [5.41, 5.74) is 17.9. The van der Waals surface area contributed by atoms with Gasteiger partial charge in [0.1, 0.15) is 6.33 Å². The van der Waals surface area contributed by atoms with Gasteiger partial charge in [-0.15, -0.1) is 0 Å². The Morgan fingerprint density at radius 3 is 1.39 bits per heavy atom. The lowest BCUT2D eigenvalue weighted by molar-refractivity contribution is 1.14. The average Bonchev–Trinajstić information content (AvgIpc) is 4.06. The molecule has 0 N–H and O–H groups in total. The summed E-state index contributed by atoms with van der Waals surface area (Å²) in [7, 11) is 0. The average molecular weight is 882 g/mol. The second kappa shape index (κ2) is 15.6. The van der Waals surface area contributed by atoms with Gasteiger partial charge in [0.15, 0.2) is 5.82 Å². The third kappa shape index (κ3) is 6.29. The van der Waals surface area contributed by atoms with Crippen molar-refractivity contribution >= 4 is 65.5 Å². The third-order valence-corrected chi connectivity index (χ3v) is 13.6. The predicted octanol–water partition coefficient (Wildman–Crippen LogP) is 15.2. The maximum atomic E-state index is 5.16. The van der Waals surface area contributed by atoms with Gasteiger partial charge in [0.25, 0.3) is 0 Å². The van der Waals surface area contributed by atoms with E-state index in [0.29, 0.717) is 5.82 Å². The topological polar surface area (TPSA) is 66.3 Å². The first kappa shape index (κ1) is 38.8. The van der Waals surface area contributed by atoms with Gasteiger partial charge in [-0.1, -0.05) is 140 Å². The maximum Gasteiger partial charge on any atom is 0.160 e. The SMILES string of the molecule is c1ccc(-c2cc(-c3ccccc3)nc(-c3cccc(-n4c5ccccc5c5cc(-c6ccc7c(c6)c6ccccc6n7-c6ccc7c(c6)c6ncncc6n7-c6ccccc6)ccc54)c3)n2)cc1. The highest BCUT2D eigenvalue weighted by Crippen LogP contribution is 2.40. The van der Waals surface area contributed by atoms with E-state index >= 15 is 0 Å². The first-order valence-corrected chi connectivity index (χ1v) is 23.2. The smallest absolute Gasteiger partial charge is 0.160 e. The van der Waals surface area contributed by atoms with Crippen molar-refractivity contribution in [2.75, 3.05) is 0 Å². The standard InChI is InChI=1S/C62H39N7/c1-4-15-40(16-5-1)53-37-54(41-17-6-2-7-18-41)66-62(65-53)44-19-14-22-46(33-44)68-55-25-12-10-23-48(55)50-34-42(27-30-57(50)68)43-28-31-58-51(35-43)49-24-11-13-26-56(49)69(58)47-29-32-59-52(36-47)61-60(38-63-39-64-61)67(59)45-20-8-3-9-21-45/h1-39H. The summed E-state index contributed by atoms with van der Waals surface area (Å²) >= 11 is 0. The van der Waals surface area contributed by atoms with Gasteiger partial charge in [-0.25, -0.2) is 19.9 Å². The van der Waals surface area contributed by atoms with Gasteiger partial charge in [0.05, 0.1) is 56.2 Å². The first-order chi connectivity index (χ1) is 34.2. The molecule has 0 aliphatic heterocycles. The van der Waals surface area contributed by atoms with Crippen molar-refractivity contribution < 1.29 is 0 Å². The zero-order valence-electron chi connectivity index (χ0n) is 37.1. The minimum Gasteiger partial charge on any atom is -0.309 e. The third-order valence-electron chi connectivity index (χ3n) is 13.6. The molecule has 0 saturated carbocycles. The minimum atomic E-state index is 0.683. The molecule has 0 bridgehead atoms. The number of para-hydroxylation sites is 3. The van der Waals surface area contributed by atoms with Crippen LogP contribution in [0.25, 0.3) is 128 Å². The van der Waals surface area contributed by atoms with Gasteiger partial charge in [-0.05, 0) is 96.1 Å². The molecule has 14 aromatic rings. The van der Waals surface area contributed by atoms with E-state index in [1.807, 2.05) is 24.4 Å². The summed E-state index contributed by atoms with van der Waals surface area (Å²) in [5, 5.41) is 5.87. The molecule has 7 heteroatoms. The Balaban J connectivity index is 0.882. The molecule has 0 radical (unpaired) electrons. The molecule has 69 heavy (non-hydrogen) atoms. The van der Waals surface area contributed by atoms with E-state index in [-0.39, 0.29) is 0 Å². The van der Waals surface area contributed by atoms with Crippen LogP contribution < -0.4 is 0 Å². The van der Waals surface area contributed by atoms with Crippen molar-refractivity contribution in [1.82, 2.24) is 33.6 Å². The van der Waals surface area contributed by atoms with Crippen LogP contribution in [0.15, 0.2) is 237 Å². The number of hydrogen-bond acceptors (Lipinski definition) is 4. The Morgan fingerprint density at radius 1 is 0.290 bits per heavy atom. The zero-order valence-corrected chi connectivity index (χ0v) is 37.1. The van der Waals surface area contributed by atoms with Gasteiger partial charge < -0.3 is 13.7 Å². The summed E-state index contributed by atoms with van der Waals surface area (Å²) in [6.07, 6.45) is 3.55. The summed E-state index contributed by atoms with van der Waals surface area (Å²) in [6.45, 7) is 0. The van der Waals surface area contributed by atoms with Gasteiger partial charge in [0, 0.05) is 60.7 Å². The highest BCUT2D eigenvalue weighted by atomic mass is 15.0. The second-order valence-corrected chi connectivity index (χ2v) is 17.5. The quantitative estimate of drug-likeness (QED) is 0.160. The predicted molar refractivity (Wildman–Crippen MR) is 282 cm³/mol. The van der Waals surface area contributed by atoms with Crippen LogP contribution >= 0.6 is 0 Å². The lowest BCUT2D eigenvalue weighted by Gasteiger charge is -2.12. The summed E-state index contributed by atoms with van der Waals surface area (Å²) < 4.78 is 7.01. The van der Waals surface area contributed by atoms with Crippen molar-refractivity contribution in [3.63, 3.8) is 0 Å². The van der Waals surface area contributed by atoms with Gasteiger partial charge in [-0.2, -0.15) is 0 Å². The number of fused-ring (bicyclic) bond motifs is 9. The Morgan fingerprint density at radius 2 is 0.768 bits per heavy atom. The fourth-order valence-corrected chi connectivity index (χ4v) is 10.5. The van der Waals surface area contributed by atoms with Crippen LogP contribution in [0.3, 0.4) is 0 Å². The minimum absolute atomic E-state index is 0.683. The Kier molecular flexibility index (Phi) is 8.75. The zero-order chi connectivity index (χ0) is 45.4. The van der Waals surface area contributed by atoms with Crippen LogP contribution in [0.4, 0.5) is 0 Å². The Hall–Kier alpha value is -9.46. The van der Waals surface area contributed by atoms with E-state index in [0.717, 1.165) is 100 Å². The van der Waals surface area contributed by atoms with E-state index in [1.54, 1.807) is 6.33 Å². The lowest BCUT2D eigenvalue weighted by Crippen LogP contribution is -1.98. The number of benzene rings is 9. The molecule has 5 heterocycles. The van der Waals surface area contributed by atoms with Gasteiger partial charge in [0.2, 0.25) is 0 Å². The summed E-state index contributed by atoms with van der Waals surface area (Å²) in [6, 6.07) is 79.8. The molecule has 0 saturated heterocycles. The molecule has 7 nitrogen and oxygen atoms in total. The van der Waals surface area contributed by atoms with Crippen molar-refractivity contribution in [3.8, 4) is 62.1 Å². The van der Waals surface area contributed by atoms with Gasteiger partial charge in [-0.3, -0.25) is 0 Å². The molecular formula is C62H39N7. The van der Waals surface area contributed by atoms with E-state index in [1.165, 1.54) is 21.5 Å². The largest absolute Gasteiger partial charge is 0.309 e. The molecule has 0 atom stereocenters. The van der Waals surface area contributed by atoms with E-state index in [4.69, 9.17) is 15.0 Å². The van der Waals surface area contributed by atoms with Crippen LogP contribution in [-0.4, -0.2) is 33.6 Å². The molecule has 0 fully saturated rings. The molecule has 0 amide bonds. The van der Waals surface area contributed by atoms with E-state index < -0.39 is 0 Å². The van der Waals surface area contributed by atoms with Crippen molar-refractivity contribution in [1.29, 1.82) is 0 Å². The van der Waals surface area contributed by atoms with Crippen LogP contribution in [0.1, 0.15) is 0 Å². The monoisotopic (exact) mass is 881 g/mol. The Bertz CT molecular complexity index is 4240. The van der Waals surface area contributed by atoms with Crippen LogP contribution in [0.5, 0.6) is 0 Å². The Labute approximate surface area is 396 Å². The molecule has 0 unspecified atom stereocenters. The van der Waals surface area contributed by atoms with E-state index in [2.05, 4.69) is 225 Å². The van der Waals surface area contributed by atoms with Crippen LogP contribution in [0, 0.1) is 0 Å². The lowest BCUT2D eigenvalue weighted by atomic mass is 10.0. The number of aromatic nitrogens is 7. The second-order valence-electron chi connectivity index (χ2n) is 17.5. The molecule has 5 aromatic heterocycles. The maximum absolute atomic E-state index is 5.16. The summed E-state index contributed by atoms with van der Waals surface area (Å²) in [4.78, 5) is 19.5. The van der Waals surface area contributed by atoms with Crippen molar-refractivity contribution in [3.05, 3.63) is 237 Å². The number of nitrogens with zero attached hydrogens (tertiary/aromatic N) is 7. The van der Waals surface area contributed by atoms with Crippen LogP contribution in [0.2, 0.25) is 0 Å². The molecule has 9 aromatic carbocycles. The van der Waals surface area contributed by atoms with Gasteiger partial charge >= 0.3 is 0 Å². The molecule has 0 aliphatic rings. The molecule has 14 rings (SSSR count). The van der Waals surface area contributed by atoms with E-state index in [9.17, 15) is 0 Å².